The van der Waals surface area contributed by atoms with E-state index in [0.717, 1.165) is 19.4 Å². The molecule has 0 fully saturated rings. The molecule has 2 atom stereocenters. The number of carbonyl (C=O) groups excluding carboxylic acids is 1. The summed E-state index contributed by atoms with van der Waals surface area (Å²) in [5.74, 6) is 0.502. The summed E-state index contributed by atoms with van der Waals surface area (Å²) in [5.41, 5.74) is 0. The fraction of sp³-hybridized carbons (Fsp3) is 0.900. The molecule has 0 bridgehead atoms. The molecule has 0 aromatic heterocycles. The second kappa shape index (κ2) is 6.18. The quantitative estimate of drug-likeness (QED) is 0.662. The Morgan fingerprint density at radius 1 is 1.42 bits per heavy atom. The third-order valence-electron chi connectivity index (χ3n) is 2.38. The molecule has 12 heavy (non-hydrogen) atoms. The molecule has 0 heterocycles. The fourth-order valence-electron chi connectivity index (χ4n) is 0.894. The largest absolute Gasteiger partial charge is 0.314 e. The van der Waals surface area contributed by atoms with E-state index in [9.17, 15) is 4.79 Å². The number of nitrogens with one attached hydrogen (secondary N) is 1. The lowest BCUT2D eigenvalue weighted by Crippen LogP contribution is -2.28. The van der Waals surface area contributed by atoms with E-state index < -0.39 is 0 Å². The zero-order valence-corrected chi connectivity index (χ0v) is 8.68. The molecule has 0 aromatic rings. The second-order valence-electron chi connectivity index (χ2n) is 3.56. The SMILES string of the molecule is CCC(C)NCCC(C)C(C)=O. The Bertz CT molecular complexity index is 134. The number of rotatable bonds is 6. The van der Waals surface area contributed by atoms with Crippen LogP contribution in [0.5, 0.6) is 0 Å². The fourth-order valence-corrected chi connectivity index (χ4v) is 0.894. The summed E-state index contributed by atoms with van der Waals surface area (Å²) in [4.78, 5) is 10.9. The summed E-state index contributed by atoms with van der Waals surface area (Å²) in [6.07, 6.45) is 2.11. The predicted molar refractivity (Wildman–Crippen MR) is 52.2 cm³/mol. The lowest BCUT2D eigenvalue weighted by Gasteiger charge is -2.12. The highest BCUT2D eigenvalue weighted by atomic mass is 16.1. The molecular formula is C10H21NO. The van der Waals surface area contributed by atoms with Crippen molar-refractivity contribution in [1.29, 1.82) is 0 Å². The molecule has 0 aliphatic rings. The van der Waals surface area contributed by atoms with E-state index in [2.05, 4.69) is 19.2 Å². The van der Waals surface area contributed by atoms with Gasteiger partial charge in [0.2, 0.25) is 0 Å². The van der Waals surface area contributed by atoms with Gasteiger partial charge in [0.05, 0.1) is 0 Å². The molecular weight excluding hydrogens is 150 g/mol. The summed E-state index contributed by atoms with van der Waals surface area (Å²) >= 11 is 0. The van der Waals surface area contributed by atoms with Crippen molar-refractivity contribution in [1.82, 2.24) is 5.32 Å². The van der Waals surface area contributed by atoms with Crippen LogP contribution in [0, 0.1) is 5.92 Å². The number of Topliss-reactive ketones (excluding diaryl/α,β-unsaturated/α-hetero) is 1. The van der Waals surface area contributed by atoms with Gasteiger partial charge in [-0.05, 0) is 33.2 Å². The molecule has 0 radical (unpaired) electrons. The summed E-state index contributed by atoms with van der Waals surface area (Å²) in [6, 6.07) is 0.573. The van der Waals surface area contributed by atoms with Gasteiger partial charge in [-0.1, -0.05) is 13.8 Å². The zero-order valence-electron chi connectivity index (χ0n) is 8.68. The first kappa shape index (κ1) is 11.6. The summed E-state index contributed by atoms with van der Waals surface area (Å²) in [5, 5.41) is 3.37. The van der Waals surface area contributed by atoms with E-state index in [1.807, 2.05) is 6.92 Å². The summed E-state index contributed by atoms with van der Waals surface area (Å²) in [6.45, 7) is 8.93. The third kappa shape index (κ3) is 5.30. The smallest absolute Gasteiger partial charge is 0.132 e. The van der Waals surface area contributed by atoms with Crippen LogP contribution >= 0.6 is 0 Å². The van der Waals surface area contributed by atoms with Gasteiger partial charge in [0.25, 0.3) is 0 Å². The van der Waals surface area contributed by atoms with Crippen molar-refractivity contribution in [3.05, 3.63) is 0 Å². The van der Waals surface area contributed by atoms with Crippen molar-refractivity contribution in [2.24, 2.45) is 5.92 Å². The molecule has 0 aliphatic heterocycles. The van der Waals surface area contributed by atoms with Gasteiger partial charge in [0.1, 0.15) is 5.78 Å². The van der Waals surface area contributed by atoms with E-state index in [4.69, 9.17) is 0 Å². The van der Waals surface area contributed by atoms with Gasteiger partial charge < -0.3 is 5.32 Å². The minimum Gasteiger partial charge on any atom is -0.314 e. The minimum atomic E-state index is 0.210. The average Bonchev–Trinajstić information content (AvgIpc) is 2.03. The predicted octanol–water partition coefficient (Wildman–Crippen LogP) is 1.99. The first-order chi connectivity index (χ1) is 5.57. The Hall–Kier alpha value is -0.370. The number of carbonyl (C=O) groups is 1. The zero-order chi connectivity index (χ0) is 9.56. The molecule has 72 valence electrons. The van der Waals surface area contributed by atoms with Crippen molar-refractivity contribution in [2.45, 2.75) is 46.6 Å². The Morgan fingerprint density at radius 3 is 2.42 bits per heavy atom. The number of ketones is 1. The third-order valence-corrected chi connectivity index (χ3v) is 2.38. The average molecular weight is 171 g/mol. The van der Waals surface area contributed by atoms with E-state index in [1.54, 1.807) is 6.92 Å². The van der Waals surface area contributed by atoms with Gasteiger partial charge >= 0.3 is 0 Å². The molecule has 0 amide bonds. The maximum atomic E-state index is 10.9. The van der Waals surface area contributed by atoms with Crippen LogP contribution in [0.3, 0.4) is 0 Å². The van der Waals surface area contributed by atoms with Crippen molar-refractivity contribution >= 4 is 5.78 Å². The number of hydrogen-bond acceptors (Lipinski definition) is 2. The van der Waals surface area contributed by atoms with Gasteiger partial charge in [-0.15, -0.1) is 0 Å². The maximum Gasteiger partial charge on any atom is 0.132 e. The molecule has 0 aliphatic carbocycles. The summed E-state index contributed by atoms with van der Waals surface area (Å²) < 4.78 is 0. The Labute approximate surface area is 75.7 Å². The van der Waals surface area contributed by atoms with Crippen LogP contribution in [0.2, 0.25) is 0 Å². The van der Waals surface area contributed by atoms with Gasteiger partial charge in [-0.3, -0.25) is 4.79 Å². The van der Waals surface area contributed by atoms with Gasteiger partial charge in [0, 0.05) is 12.0 Å². The van der Waals surface area contributed by atoms with Crippen LogP contribution in [-0.2, 0) is 4.79 Å². The Morgan fingerprint density at radius 2 is 2.00 bits per heavy atom. The van der Waals surface area contributed by atoms with Crippen molar-refractivity contribution < 1.29 is 4.79 Å². The van der Waals surface area contributed by atoms with Crippen LogP contribution in [0.15, 0.2) is 0 Å². The van der Waals surface area contributed by atoms with Crippen LogP contribution < -0.4 is 5.32 Å². The van der Waals surface area contributed by atoms with Crippen molar-refractivity contribution in [3.63, 3.8) is 0 Å². The normalized spacial score (nSPS) is 15.7. The molecule has 2 heteroatoms. The second-order valence-corrected chi connectivity index (χ2v) is 3.56. The lowest BCUT2D eigenvalue weighted by atomic mass is 10.0. The highest BCUT2D eigenvalue weighted by molar-refractivity contribution is 5.77. The summed E-state index contributed by atoms with van der Waals surface area (Å²) in [7, 11) is 0. The van der Waals surface area contributed by atoms with Crippen LogP contribution in [0.25, 0.3) is 0 Å². The first-order valence-corrected chi connectivity index (χ1v) is 4.81. The first-order valence-electron chi connectivity index (χ1n) is 4.81. The molecule has 1 N–H and O–H groups in total. The molecule has 0 aromatic carbocycles. The van der Waals surface area contributed by atoms with Crippen LogP contribution in [0.1, 0.15) is 40.5 Å². The van der Waals surface area contributed by atoms with Crippen molar-refractivity contribution in [3.8, 4) is 0 Å². The Kier molecular flexibility index (Phi) is 5.99. The lowest BCUT2D eigenvalue weighted by molar-refractivity contribution is -0.120. The highest BCUT2D eigenvalue weighted by Crippen LogP contribution is 2.01. The van der Waals surface area contributed by atoms with E-state index in [1.165, 1.54) is 0 Å². The number of hydrogen-bond donors (Lipinski definition) is 1. The van der Waals surface area contributed by atoms with Gasteiger partial charge in [-0.25, -0.2) is 0 Å². The monoisotopic (exact) mass is 171 g/mol. The maximum absolute atomic E-state index is 10.9. The molecule has 0 saturated carbocycles. The van der Waals surface area contributed by atoms with E-state index in [-0.39, 0.29) is 5.92 Å². The Balaban J connectivity index is 3.37. The molecule has 2 nitrogen and oxygen atoms in total. The van der Waals surface area contributed by atoms with Gasteiger partial charge in [0.15, 0.2) is 0 Å². The molecule has 0 rings (SSSR count). The van der Waals surface area contributed by atoms with Crippen molar-refractivity contribution in [2.75, 3.05) is 6.54 Å². The van der Waals surface area contributed by atoms with E-state index in [0.29, 0.717) is 11.8 Å². The standard InChI is InChI=1S/C10H21NO/c1-5-9(3)11-7-6-8(2)10(4)12/h8-9,11H,5-7H2,1-4H3. The van der Waals surface area contributed by atoms with Crippen LogP contribution in [0.4, 0.5) is 0 Å². The minimum absolute atomic E-state index is 0.210. The molecule has 0 spiro atoms. The highest BCUT2D eigenvalue weighted by Gasteiger charge is 2.06. The van der Waals surface area contributed by atoms with E-state index >= 15 is 0 Å². The molecule has 0 saturated heterocycles. The van der Waals surface area contributed by atoms with Gasteiger partial charge in [-0.2, -0.15) is 0 Å². The topological polar surface area (TPSA) is 29.1 Å². The molecule has 2 unspecified atom stereocenters. The van der Waals surface area contributed by atoms with Crippen LogP contribution in [-0.4, -0.2) is 18.4 Å².